The van der Waals surface area contributed by atoms with Crippen molar-refractivity contribution >= 4 is 35.1 Å². The topological polar surface area (TPSA) is 69.7 Å². The maximum Gasteiger partial charge on any atom is 0.256 e. The lowest BCUT2D eigenvalue weighted by Crippen LogP contribution is -2.57. The van der Waals surface area contributed by atoms with Gasteiger partial charge in [0.15, 0.2) is 0 Å². The molecule has 124 valence electrons. The van der Waals surface area contributed by atoms with E-state index >= 15 is 0 Å². The van der Waals surface area contributed by atoms with Gasteiger partial charge in [-0.05, 0) is 43.9 Å². The van der Waals surface area contributed by atoms with E-state index in [0.717, 1.165) is 19.3 Å². The molecule has 1 aliphatic heterocycles. The van der Waals surface area contributed by atoms with Crippen LogP contribution in [0.1, 0.15) is 42.5 Å². The van der Waals surface area contributed by atoms with Gasteiger partial charge in [-0.2, -0.15) is 0 Å². The number of nitrogens with zero attached hydrogens (tertiary/aromatic N) is 1. The summed E-state index contributed by atoms with van der Waals surface area (Å²) < 4.78 is 5.79. The Balaban J connectivity index is 1.98. The molecular weight excluding hydrogens is 341 g/mol. The first-order valence-electron chi connectivity index (χ1n) is 7.58. The third-order valence-electron chi connectivity index (χ3n) is 4.55. The average molecular weight is 357 g/mol. The van der Waals surface area contributed by atoms with Crippen LogP contribution in [0.5, 0.6) is 0 Å². The van der Waals surface area contributed by atoms with E-state index in [1.165, 1.54) is 23.1 Å². The molecule has 2 aliphatic rings. The number of benzene rings is 1. The number of hydrogen-bond acceptors (Lipinski definition) is 4. The van der Waals surface area contributed by atoms with Crippen LogP contribution in [0, 0.1) is 0 Å². The highest BCUT2D eigenvalue weighted by Crippen LogP contribution is 2.41. The third-order valence-corrected chi connectivity index (χ3v) is 5.29. The molecule has 1 spiro atoms. The monoisotopic (exact) mass is 356 g/mol. The third kappa shape index (κ3) is 2.93. The maximum atomic E-state index is 13.0. The number of carboxylic acids is 1. The Bertz CT molecular complexity index is 643. The fourth-order valence-electron chi connectivity index (χ4n) is 3.42. The van der Waals surface area contributed by atoms with Gasteiger partial charge in [0, 0.05) is 5.56 Å². The van der Waals surface area contributed by atoms with E-state index in [1.807, 2.05) is 0 Å². The van der Waals surface area contributed by atoms with E-state index in [4.69, 9.17) is 27.9 Å². The minimum absolute atomic E-state index is 0.0462. The molecule has 1 atom stereocenters. The van der Waals surface area contributed by atoms with Crippen LogP contribution in [0.4, 0.5) is 0 Å². The SMILES string of the molecule is O=C([O-])[C@@H]1COC2(CCCCC2)N1C(=O)c1ccc(Cl)c(Cl)c1. The van der Waals surface area contributed by atoms with Gasteiger partial charge in [-0.1, -0.05) is 29.6 Å². The van der Waals surface area contributed by atoms with Crippen LogP contribution in [0.2, 0.25) is 10.0 Å². The highest BCUT2D eigenvalue weighted by Gasteiger charge is 2.51. The molecule has 5 nitrogen and oxygen atoms in total. The number of ether oxygens (including phenoxy) is 1. The van der Waals surface area contributed by atoms with Crippen molar-refractivity contribution in [1.29, 1.82) is 0 Å². The summed E-state index contributed by atoms with van der Waals surface area (Å²) in [4.78, 5) is 25.7. The number of halogens is 2. The molecule has 1 aromatic carbocycles. The van der Waals surface area contributed by atoms with Crippen LogP contribution in [-0.4, -0.2) is 35.2 Å². The fourth-order valence-corrected chi connectivity index (χ4v) is 3.72. The van der Waals surface area contributed by atoms with Gasteiger partial charge >= 0.3 is 0 Å². The molecule has 1 amide bonds. The number of carboxylic acid groups (broad SMARTS) is 1. The second kappa shape index (κ2) is 6.30. The van der Waals surface area contributed by atoms with Crippen molar-refractivity contribution in [2.45, 2.75) is 43.9 Å². The molecule has 0 bridgehead atoms. The number of amides is 1. The van der Waals surface area contributed by atoms with E-state index in [0.29, 0.717) is 23.4 Å². The number of aliphatic carboxylic acids is 1. The van der Waals surface area contributed by atoms with Crippen molar-refractivity contribution in [3.8, 4) is 0 Å². The zero-order valence-electron chi connectivity index (χ0n) is 12.4. The largest absolute Gasteiger partial charge is 0.548 e. The molecule has 1 aromatic rings. The molecular formula is C16H16Cl2NO4-. The Labute approximate surface area is 144 Å². The Morgan fingerprint density at radius 1 is 1.17 bits per heavy atom. The van der Waals surface area contributed by atoms with Gasteiger partial charge in [-0.25, -0.2) is 0 Å². The summed E-state index contributed by atoms with van der Waals surface area (Å²) >= 11 is 11.9. The second-order valence-electron chi connectivity index (χ2n) is 5.96. The van der Waals surface area contributed by atoms with E-state index in [9.17, 15) is 14.7 Å². The summed E-state index contributed by atoms with van der Waals surface area (Å²) in [6.45, 7) is -0.0462. The van der Waals surface area contributed by atoms with Gasteiger partial charge in [0.25, 0.3) is 5.91 Å². The normalized spacial score (nSPS) is 23.2. The number of hydrogen-bond donors (Lipinski definition) is 0. The van der Waals surface area contributed by atoms with E-state index in [-0.39, 0.29) is 11.6 Å². The van der Waals surface area contributed by atoms with Gasteiger partial charge in [-0.3, -0.25) is 9.69 Å². The first kappa shape index (κ1) is 16.6. The number of rotatable bonds is 2. The molecule has 1 saturated carbocycles. The van der Waals surface area contributed by atoms with Crippen molar-refractivity contribution < 1.29 is 19.4 Å². The zero-order chi connectivity index (χ0) is 16.6. The Morgan fingerprint density at radius 2 is 1.87 bits per heavy atom. The molecule has 0 aromatic heterocycles. The van der Waals surface area contributed by atoms with Crippen LogP contribution in [-0.2, 0) is 9.53 Å². The fraction of sp³-hybridized carbons (Fsp3) is 0.500. The molecule has 0 radical (unpaired) electrons. The van der Waals surface area contributed by atoms with E-state index in [1.54, 1.807) is 0 Å². The summed E-state index contributed by atoms with van der Waals surface area (Å²) in [7, 11) is 0. The molecule has 1 saturated heterocycles. The average Bonchev–Trinajstić information content (AvgIpc) is 2.89. The second-order valence-corrected chi connectivity index (χ2v) is 6.77. The van der Waals surface area contributed by atoms with Crippen LogP contribution >= 0.6 is 23.2 Å². The molecule has 0 N–H and O–H groups in total. The highest BCUT2D eigenvalue weighted by atomic mass is 35.5. The zero-order valence-corrected chi connectivity index (χ0v) is 13.9. The van der Waals surface area contributed by atoms with Gasteiger partial charge in [0.2, 0.25) is 0 Å². The minimum atomic E-state index is -1.30. The molecule has 23 heavy (non-hydrogen) atoms. The van der Waals surface area contributed by atoms with Crippen LogP contribution in [0.25, 0.3) is 0 Å². The molecule has 1 aliphatic carbocycles. The first-order chi connectivity index (χ1) is 10.9. The minimum Gasteiger partial charge on any atom is -0.548 e. The maximum absolute atomic E-state index is 13.0. The van der Waals surface area contributed by atoms with E-state index < -0.39 is 23.6 Å². The lowest BCUT2D eigenvalue weighted by molar-refractivity contribution is -0.310. The van der Waals surface area contributed by atoms with E-state index in [2.05, 4.69) is 0 Å². The van der Waals surface area contributed by atoms with Crippen molar-refractivity contribution in [2.24, 2.45) is 0 Å². The molecule has 2 fully saturated rings. The summed E-state index contributed by atoms with van der Waals surface area (Å²) in [5.41, 5.74) is -0.562. The van der Waals surface area contributed by atoms with Crippen molar-refractivity contribution in [2.75, 3.05) is 6.61 Å². The lowest BCUT2D eigenvalue weighted by atomic mass is 9.89. The predicted octanol–water partition coefficient (Wildman–Crippen LogP) is 2.24. The molecule has 7 heteroatoms. The Hall–Kier alpha value is -1.30. The van der Waals surface area contributed by atoms with Crippen molar-refractivity contribution in [3.05, 3.63) is 33.8 Å². The summed E-state index contributed by atoms with van der Waals surface area (Å²) in [6.07, 6.45) is 4.10. The molecule has 0 unspecified atom stereocenters. The van der Waals surface area contributed by atoms with Crippen molar-refractivity contribution in [1.82, 2.24) is 4.90 Å². The molecule has 3 rings (SSSR count). The van der Waals surface area contributed by atoms with Gasteiger partial charge < -0.3 is 14.6 Å². The van der Waals surface area contributed by atoms with Crippen LogP contribution < -0.4 is 5.11 Å². The Kier molecular flexibility index (Phi) is 4.54. The smallest absolute Gasteiger partial charge is 0.256 e. The summed E-state index contributed by atoms with van der Waals surface area (Å²) in [6, 6.07) is 3.43. The lowest BCUT2D eigenvalue weighted by Gasteiger charge is -2.42. The van der Waals surface area contributed by atoms with Gasteiger partial charge in [0.05, 0.1) is 28.7 Å². The standard InChI is InChI=1S/C16H17Cl2NO4/c17-11-5-4-10(8-12(11)18)14(20)19-13(15(21)22)9-23-16(19)6-2-1-3-7-16/h4-5,8,13H,1-3,6-7,9H2,(H,21,22)/p-1/t13-/m0/s1. The molecule has 1 heterocycles. The predicted molar refractivity (Wildman–Crippen MR) is 83.2 cm³/mol. The first-order valence-corrected chi connectivity index (χ1v) is 8.34. The van der Waals surface area contributed by atoms with Gasteiger partial charge in [0.1, 0.15) is 5.72 Å². The highest BCUT2D eigenvalue weighted by molar-refractivity contribution is 6.42. The number of carbonyl (C=O) groups excluding carboxylic acids is 2. The summed E-state index contributed by atoms with van der Waals surface area (Å²) in [5.74, 6) is -1.72. The Morgan fingerprint density at radius 3 is 2.48 bits per heavy atom. The number of carbonyl (C=O) groups is 2. The quantitative estimate of drug-likeness (QED) is 0.814. The van der Waals surface area contributed by atoms with Crippen LogP contribution in [0.15, 0.2) is 18.2 Å². The van der Waals surface area contributed by atoms with Gasteiger partial charge in [-0.15, -0.1) is 0 Å². The summed E-state index contributed by atoms with van der Waals surface area (Å²) in [5, 5.41) is 12.1. The van der Waals surface area contributed by atoms with Crippen LogP contribution in [0.3, 0.4) is 0 Å². The van der Waals surface area contributed by atoms with Crippen molar-refractivity contribution in [3.63, 3.8) is 0 Å².